The molecule has 8 heteroatoms. The molecule has 0 saturated carbocycles. The number of amides is 1. The number of aromatic nitrogens is 4. The highest BCUT2D eigenvalue weighted by molar-refractivity contribution is 6.02. The normalized spacial score (nSPS) is 11.3. The number of nitrogens with one attached hydrogen (secondary N) is 1. The zero-order valence-corrected chi connectivity index (χ0v) is 20.3. The van der Waals surface area contributed by atoms with E-state index in [1.807, 2.05) is 50.2 Å². The fourth-order valence-electron chi connectivity index (χ4n) is 4.00. The fraction of sp³-hybridized carbons (Fsp3) is 0.346. The number of hydrogen-bond acceptors (Lipinski definition) is 5. The van der Waals surface area contributed by atoms with Crippen molar-refractivity contribution >= 4 is 22.9 Å². The third-order valence-corrected chi connectivity index (χ3v) is 5.97. The van der Waals surface area contributed by atoms with Crippen LogP contribution in [0, 0.1) is 13.8 Å². The highest BCUT2D eigenvalue weighted by Gasteiger charge is 2.17. The molecule has 4 aromatic rings. The maximum absolute atomic E-state index is 13.0. The molecule has 0 fully saturated rings. The molecule has 8 nitrogen and oxygen atoms in total. The van der Waals surface area contributed by atoms with Crippen molar-refractivity contribution in [2.24, 2.45) is 0 Å². The van der Waals surface area contributed by atoms with Crippen molar-refractivity contribution in [2.75, 3.05) is 25.0 Å². The summed E-state index contributed by atoms with van der Waals surface area (Å²) in [6.45, 7) is 12.1. The Bertz CT molecular complexity index is 1270. The molecule has 0 saturated heterocycles. The Balaban J connectivity index is 1.47. The molecule has 0 aliphatic carbocycles. The van der Waals surface area contributed by atoms with Gasteiger partial charge in [0.25, 0.3) is 5.91 Å². The Kier molecular flexibility index (Phi) is 7.27. The molecule has 0 unspecified atom stereocenters. The lowest BCUT2D eigenvalue weighted by Gasteiger charge is -2.19. The van der Waals surface area contributed by atoms with Gasteiger partial charge in [0, 0.05) is 19.3 Å². The van der Waals surface area contributed by atoms with Crippen LogP contribution in [-0.2, 0) is 13.3 Å². The van der Waals surface area contributed by atoms with E-state index < -0.39 is 0 Å². The van der Waals surface area contributed by atoms with Crippen molar-refractivity contribution in [1.82, 2.24) is 24.2 Å². The molecule has 178 valence electrons. The number of likely N-dealkylation sites (N-methyl/N-ethyl adjacent to an activating group) is 1. The molecule has 2 heterocycles. The Hall–Kier alpha value is -3.65. The minimum Gasteiger partial charge on any atom is -0.471 e. The van der Waals surface area contributed by atoms with E-state index in [0.29, 0.717) is 11.6 Å². The van der Waals surface area contributed by atoms with Crippen molar-refractivity contribution in [3.05, 3.63) is 71.5 Å². The second-order valence-electron chi connectivity index (χ2n) is 8.34. The minimum absolute atomic E-state index is 0.222. The van der Waals surface area contributed by atoms with Gasteiger partial charge in [0.05, 0.1) is 11.0 Å². The van der Waals surface area contributed by atoms with Gasteiger partial charge in [-0.1, -0.05) is 43.7 Å². The summed E-state index contributed by atoms with van der Waals surface area (Å²) in [5.74, 6) is 1.03. The number of benzene rings is 2. The first kappa shape index (κ1) is 23.5. The van der Waals surface area contributed by atoms with Gasteiger partial charge in [-0.3, -0.25) is 10.1 Å². The molecule has 0 radical (unpaired) electrons. The highest BCUT2D eigenvalue weighted by Crippen LogP contribution is 2.21. The summed E-state index contributed by atoms with van der Waals surface area (Å²) < 4.78 is 9.54. The summed E-state index contributed by atoms with van der Waals surface area (Å²) in [5, 5.41) is 7.34. The number of aryl methyl sites for hydroxylation is 2. The quantitative estimate of drug-likeness (QED) is 0.378. The summed E-state index contributed by atoms with van der Waals surface area (Å²) in [4.78, 5) is 20.0. The van der Waals surface area contributed by atoms with Gasteiger partial charge in [0.2, 0.25) is 5.95 Å². The number of para-hydroxylation sites is 2. The Morgan fingerprint density at radius 2 is 1.88 bits per heavy atom. The predicted molar refractivity (Wildman–Crippen MR) is 134 cm³/mol. The third kappa shape index (κ3) is 5.28. The zero-order valence-electron chi connectivity index (χ0n) is 20.3. The Labute approximate surface area is 200 Å². The third-order valence-electron chi connectivity index (χ3n) is 5.97. The SMILES string of the molecule is CCN(CC)CCn1c(NC(=O)c2ccn(COc3ccc(C)cc3C)n2)nc2ccccc21. The van der Waals surface area contributed by atoms with E-state index in [0.717, 1.165) is 48.5 Å². The van der Waals surface area contributed by atoms with Gasteiger partial charge in [-0.2, -0.15) is 5.10 Å². The average molecular weight is 461 g/mol. The Morgan fingerprint density at radius 3 is 2.65 bits per heavy atom. The van der Waals surface area contributed by atoms with Gasteiger partial charge in [-0.05, 0) is 56.8 Å². The van der Waals surface area contributed by atoms with Crippen molar-refractivity contribution in [3.8, 4) is 5.75 Å². The van der Waals surface area contributed by atoms with Crippen LogP contribution in [0.15, 0.2) is 54.7 Å². The van der Waals surface area contributed by atoms with E-state index in [2.05, 4.69) is 44.8 Å². The van der Waals surface area contributed by atoms with Crippen molar-refractivity contribution < 1.29 is 9.53 Å². The molecule has 0 aliphatic rings. The molecule has 0 atom stereocenters. The number of anilines is 1. The van der Waals surface area contributed by atoms with Crippen LogP contribution in [0.2, 0.25) is 0 Å². The lowest BCUT2D eigenvalue weighted by molar-refractivity contribution is 0.101. The standard InChI is InChI=1S/C26H32N6O2/c1-5-30(6-2)15-16-32-23-10-8-7-9-21(23)27-26(32)28-25(33)22-13-14-31(29-22)18-34-24-12-11-19(3)17-20(24)4/h7-14,17H,5-6,15-16,18H2,1-4H3,(H,27,28,33). The number of ether oxygens (including phenoxy) is 1. The maximum Gasteiger partial charge on any atom is 0.278 e. The van der Waals surface area contributed by atoms with Crippen LogP contribution in [0.5, 0.6) is 5.75 Å². The van der Waals surface area contributed by atoms with Gasteiger partial charge in [-0.25, -0.2) is 9.67 Å². The summed E-state index contributed by atoms with van der Waals surface area (Å²) in [7, 11) is 0. The molecule has 0 aliphatic heterocycles. The average Bonchev–Trinajstić information content (AvgIpc) is 3.44. The number of nitrogens with zero attached hydrogens (tertiary/aromatic N) is 5. The highest BCUT2D eigenvalue weighted by atomic mass is 16.5. The van der Waals surface area contributed by atoms with Crippen LogP contribution in [0.25, 0.3) is 11.0 Å². The van der Waals surface area contributed by atoms with Crippen molar-refractivity contribution in [2.45, 2.75) is 41.0 Å². The van der Waals surface area contributed by atoms with E-state index >= 15 is 0 Å². The first-order chi connectivity index (χ1) is 16.5. The van der Waals surface area contributed by atoms with E-state index in [1.54, 1.807) is 16.9 Å². The van der Waals surface area contributed by atoms with Crippen LogP contribution in [-0.4, -0.2) is 49.8 Å². The van der Waals surface area contributed by atoms with E-state index in [-0.39, 0.29) is 12.6 Å². The van der Waals surface area contributed by atoms with E-state index in [1.165, 1.54) is 5.56 Å². The monoisotopic (exact) mass is 460 g/mol. The second kappa shape index (κ2) is 10.5. The molecular weight excluding hydrogens is 428 g/mol. The maximum atomic E-state index is 13.0. The largest absolute Gasteiger partial charge is 0.471 e. The van der Waals surface area contributed by atoms with Gasteiger partial charge in [0.1, 0.15) is 5.75 Å². The summed E-state index contributed by atoms with van der Waals surface area (Å²) in [6.07, 6.45) is 1.74. The summed E-state index contributed by atoms with van der Waals surface area (Å²) in [6, 6.07) is 15.6. The molecule has 34 heavy (non-hydrogen) atoms. The van der Waals surface area contributed by atoms with Crippen LogP contribution < -0.4 is 10.1 Å². The van der Waals surface area contributed by atoms with Crippen LogP contribution in [0.1, 0.15) is 35.5 Å². The lowest BCUT2D eigenvalue weighted by Crippen LogP contribution is -2.27. The summed E-state index contributed by atoms with van der Waals surface area (Å²) >= 11 is 0. The molecule has 4 rings (SSSR count). The fourth-order valence-corrected chi connectivity index (χ4v) is 4.00. The Morgan fingerprint density at radius 1 is 1.09 bits per heavy atom. The molecule has 1 N–H and O–H groups in total. The predicted octanol–water partition coefficient (Wildman–Crippen LogP) is 4.48. The second-order valence-corrected chi connectivity index (χ2v) is 8.34. The number of carbonyl (C=O) groups is 1. The van der Waals surface area contributed by atoms with Crippen LogP contribution in [0.3, 0.4) is 0 Å². The molecular formula is C26H32N6O2. The lowest BCUT2D eigenvalue weighted by atomic mass is 10.1. The molecule has 2 aromatic heterocycles. The van der Waals surface area contributed by atoms with Gasteiger partial charge in [-0.15, -0.1) is 0 Å². The van der Waals surface area contributed by atoms with Crippen LogP contribution in [0.4, 0.5) is 5.95 Å². The zero-order chi connectivity index (χ0) is 24.1. The smallest absolute Gasteiger partial charge is 0.278 e. The minimum atomic E-state index is -0.301. The van der Waals surface area contributed by atoms with Gasteiger partial charge < -0.3 is 14.2 Å². The molecule has 0 spiro atoms. The number of hydrogen-bond donors (Lipinski definition) is 1. The van der Waals surface area contributed by atoms with Gasteiger partial charge >= 0.3 is 0 Å². The topological polar surface area (TPSA) is 77.2 Å². The van der Waals surface area contributed by atoms with Crippen molar-refractivity contribution in [3.63, 3.8) is 0 Å². The number of carbonyl (C=O) groups excluding carboxylic acids is 1. The first-order valence-electron chi connectivity index (χ1n) is 11.7. The van der Waals surface area contributed by atoms with E-state index in [9.17, 15) is 4.79 Å². The number of rotatable bonds is 10. The van der Waals surface area contributed by atoms with Gasteiger partial charge in [0.15, 0.2) is 12.4 Å². The van der Waals surface area contributed by atoms with E-state index in [4.69, 9.17) is 4.74 Å². The van der Waals surface area contributed by atoms with Crippen LogP contribution >= 0.6 is 0 Å². The first-order valence-corrected chi connectivity index (χ1v) is 11.7. The molecule has 0 bridgehead atoms. The molecule has 1 amide bonds. The summed E-state index contributed by atoms with van der Waals surface area (Å²) in [5.41, 5.74) is 4.41. The molecule has 2 aromatic carbocycles. The number of fused-ring (bicyclic) bond motifs is 1. The number of imidazole rings is 1. The van der Waals surface area contributed by atoms with Crippen molar-refractivity contribution in [1.29, 1.82) is 0 Å².